The Morgan fingerprint density at radius 1 is 1.05 bits per heavy atom. The number of piperidine rings is 1. The molecule has 1 N–H and O–H groups in total. The van der Waals surface area contributed by atoms with Crippen LogP contribution in [-0.4, -0.2) is 59.0 Å². The molecule has 110 valence electrons. The van der Waals surface area contributed by atoms with Gasteiger partial charge in [0.05, 0.1) is 12.6 Å². The van der Waals surface area contributed by atoms with E-state index in [2.05, 4.69) is 0 Å². The van der Waals surface area contributed by atoms with E-state index >= 15 is 0 Å². The largest absolute Gasteiger partial charge is 0.394 e. The first kappa shape index (κ1) is 13.6. The molecule has 1 saturated carbocycles. The maximum Gasteiger partial charge on any atom is 0.226 e. The first-order chi connectivity index (χ1) is 9.70. The highest BCUT2D eigenvalue weighted by Crippen LogP contribution is 2.32. The molecule has 2 heterocycles. The van der Waals surface area contributed by atoms with Gasteiger partial charge in [0, 0.05) is 31.5 Å². The van der Waals surface area contributed by atoms with Gasteiger partial charge in [-0.15, -0.1) is 0 Å². The van der Waals surface area contributed by atoms with E-state index in [4.69, 9.17) is 0 Å². The van der Waals surface area contributed by atoms with Gasteiger partial charge in [0.2, 0.25) is 11.8 Å². The van der Waals surface area contributed by atoms with Crippen LogP contribution in [0.5, 0.6) is 0 Å². The summed E-state index contributed by atoms with van der Waals surface area (Å²) in [4.78, 5) is 28.1. The fourth-order valence-corrected chi connectivity index (χ4v) is 3.15. The molecule has 3 rings (SSSR count). The summed E-state index contributed by atoms with van der Waals surface area (Å²) in [5.41, 5.74) is 0. The number of aliphatic hydroxyl groups excluding tert-OH is 1. The fourth-order valence-electron chi connectivity index (χ4n) is 3.15. The average Bonchev–Trinajstić information content (AvgIpc) is 3.23. The Morgan fingerprint density at radius 2 is 1.70 bits per heavy atom. The summed E-state index contributed by atoms with van der Waals surface area (Å²) in [5.74, 6) is 0.690. The molecule has 2 aliphatic heterocycles. The Kier molecular flexibility index (Phi) is 3.78. The summed E-state index contributed by atoms with van der Waals surface area (Å²) >= 11 is 0. The number of nitrogens with zero attached hydrogens (tertiary/aromatic N) is 2. The van der Waals surface area contributed by atoms with E-state index < -0.39 is 0 Å². The van der Waals surface area contributed by atoms with Gasteiger partial charge < -0.3 is 14.9 Å². The first-order valence-electron chi connectivity index (χ1n) is 7.57. The van der Waals surface area contributed by atoms with Crippen LogP contribution in [0.3, 0.4) is 0 Å². The van der Waals surface area contributed by atoms with Gasteiger partial charge in [-0.3, -0.25) is 9.59 Å². The van der Waals surface area contributed by atoms with Crippen LogP contribution in [0, 0.1) is 11.8 Å². The second-order valence-corrected chi connectivity index (χ2v) is 6.04. The average molecular weight is 278 g/mol. The first-order valence-corrected chi connectivity index (χ1v) is 7.57. The highest BCUT2D eigenvalue weighted by atomic mass is 16.3. The number of aliphatic hydroxyl groups is 1. The zero-order chi connectivity index (χ0) is 14.1. The molecule has 5 nitrogen and oxygen atoms in total. The molecular formula is C15H22N2O3. The molecule has 0 bridgehead atoms. The minimum absolute atomic E-state index is 0.00667. The van der Waals surface area contributed by atoms with E-state index in [1.54, 1.807) is 4.90 Å². The third kappa shape index (κ3) is 2.59. The number of likely N-dealkylation sites (tertiary alicyclic amines) is 1. The van der Waals surface area contributed by atoms with Gasteiger partial charge in [-0.1, -0.05) is 12.2 Å². The second-order valence-electron chi connectivity index (χ2n) is 6.04. The highest BCUT2D eigenvalue weighted by molar-refractivity contribution is 5.82. The molecule has 3 aliphatic rings. The van der Waals surface area contributed by atoms with E-state index in [-0.39, 0.29) is 36.3 Å². The van der Waals surface area contributed by atoms with Crippen LogP contribution in [0.4, 0.5) is 0 Å². The zero-order valence-corrected chi connectivity index (χ0v) is 11.7. The second kappa shape index (κ2) is 5.56. The normalized spacial score (nSPS) is 27.1. The van der Waals surface area contributed by atoms with Crippen LogP contribution in [0.15, 0.2) is 12.2 Å². The van der Waals surface area contributed by atoms with Crippen molar-refractivity contribution in [3.8, 4) is 0 Å². The van der Waals surface area contributed by atoms with E-state index in [1.807, 2.05) is 17.1 Å². The predicted octanol–water partition coefficient (Wildman–Crippen LogP) is 0.394. The van der Waals surface area contributed by atoms with Crippen LogP contribution in [0.25, 0.3) is 0 Å². The molecule has 5 heteroatoms. The number of rotatable bonds is 3. The number of carbonyl (C=O) groups is 2. The predicted molar refractivity (Wildman–Crippen MR) is 73.8 cm³/mol. The Balaban J connectivity index is 1.52. The van der Waals surface area contributed by atoms with Crippen molar-refractivity contribution >= 4 is 11.8 Å². The molecule has 20 heavy (non-hydrogen) atoms. The summed E-state index contributed by atoms with van der Waals surface area (Å²) in [6, 6.07) is -0.159. The SMILES string of the molecule is O=C(C1CC1)N1CCC(C(=O)N2CC=C[C@@H]2CO)CC1. The zero-order valence-electron chi connectivity index (χ0n) is 11.7. The molecule has 2 amide bonds. The molecular weight excluding hydrogens is 256 g/mol. The molecule has 2 fully saturated rings. The lowest BCUT2D eigenvalue weighted by atomic mass is 9.94. The van der Waals surface area contributed by atoms with Gasteiger partial charge >= 0.3 is 0 Å². The molecule has 0 unspecified atom stereocenters. The molecule has 0 aromatic rings. The van der Waals surface area contributed by atoms with Crippen LogP contribution in [-0.2, 0) is 9.59 Å². The lowest BCUT2D eigenvalue weighted by Gasteiger charge is -2.34. The summed E-state index contributed by atoms with van der Waals surface area (Å²) in [7, 11) is 0. The number of carbonyl (C=O) groups excluding carboxylic acids is 2. The fraction of sp³-hybridized carbons (Fsp3) is 0.733. The Morgan fingerprint density at radius 3 is 2.30 bits per heavy atom. The van der Waals surface area contributed by atoms with Gasteiger partial charge in [-0.2, -0.15) is 0 Å². The van der Waals surface area contributed by atoms with Gasteiger partial charge in [0.1, 0.15) is 0 Å². The smallest absolute Gasteiger partial charge is 0.226 e. The molecule has 1 atom stereocenters. The summed E-state index contributed by atoms with van der Waals surface area (Å²) in [5, 5.41) is 9.27. The summed E-state index contributed by atoms with van der Waals surface area (Å²) in [6.45, 7) is 2.00. The summed E-state index contributed by atoms with van der Waals surface area (Å²) in [6.07, 6.45) is 7.41. The third-order valence-electron chi connectivity index (χ3n) is 4.61. The van der Waals surface area contributed by atoms with Gasteiger partial charge in [-0.05, 0) is 25.7 Å². The third-order valence-corrected chi connectivity index (χ3v) is 4.61. The van der Waals surface area contributed by atoms with Gasteiger partial charge in [-0.25, -0.2) is 0 Å². The lowest BCUT2D eigenvalue weighted by molar-refractivity contribution is -0.142. The maximum absolute atomic E-state index is 12.5. The topological polar surface area (TPSA) is 60.9 Å². The standard InChI is InChI=1S/C15H22N2O3/c18-10-13-2-1-7-17(13)15(20)12-5-8-16(9-6-12)14(19)11-3-4-11/h1-2,11-13,18H,3-10H2/t13-/m1/s1. The highest BCUT2D eigenvalue weighted by Gasteiger charge is 2.37. The van der Waals surface area contributed by atoms with Crippen molar-refractivity contribution in [2.24, 2.45) is 11.8 Å². The van der Waals surface area contributed by atoms with E-state index in [9.17, 15) is 14.7 Å². The van der Waals surface area contributed by atoms with Gasteiger partial charge in [0.25, 0.3) is 0 Å². The number of hydrogen-bond donors (Lipinski definition) is 1. The van der Waals surface area contributed by atoms with E-state index in [1.165, 1.54) is 0 Å². The van der Waals surface area contributed by atoms with Crippen molar-refractivity contribution in [2.45, 2.75) is 31.7 Å². The lowest BCUT2D eigenvalue weighted by Crippen LogP contribution is -2.47. The summed E-state index contributed by atoms with van der Waals surface area (Å²) < 4.78 is 0. The van der Waals surface area contributed by atoms with Crippen LogP contribution in [0.2, 0.25) is 0 Å². The molecule has 1 aliphatic carbocycles. The molecule has 0 radical (unpaired) electrons. The number of hydrogen-bond acceptors (Lipinski definition) is 3. The molecule has 1 saturated heterocycles. The Hall–Kier alpha value is -1.36. The van der Waals surface area contributed by atoms with Crippen LogP contribution < -0.4 is 0 Å². The molecule has 0 spiro atoms. The van der Waals surface area contributed by atoms with Crippen molar-refractivity contribution in [1.82, 2.24) is 9.80 Å². The quantitative estimate of drug-likeness (QED) is 0.760. The van der Waals surface area contributed by atoms with Crippen molar-refractivity contribution in [1.29, 1.82) is 0 Å². The maximum atomic E-state index is 12.5. The van der Waals surface area contributed by atoms with Crippen LogP contribution >= 0.6 is 0 Å². The number of amides is 2. The van der Waals surface area contributed by atoms with Crippen molar-refractivity contribution in [3.63, 3.8) is 0 Å². The molecule has 0 aromatic heterocycles. The van der Waals surface area contributed by atoms with Gasteiger partial charge in [0.15, 0.2) is 0 Å². The van der Waals surface area contributed by atoms with E-state index in [0.717, 1.165) is 25.7 Å². The van der Waals surface area contributed by atoms with Crippen molar-refractivity contribution in [2.75, 3.05) is 26.2 Å². The monoisotopic (exact) mass is 278 g/mol. The van der Waals surface area contributed by atoms with Crippen LogP contribution in [0.1, 0.15) is 25.7 Å². The molecule has 0 aromatic carbocycles. The van der Waals surface area contributed by atoms with Crippen molar-refractivity contribution < 1.29 is 14.7 Å². The minimum Gasteiger partial charge on any atom is -0.394 e. The Bertz CT molecular complexity index is 423. The van der Waals surface area contributed by atoms with Crippen molar-refractivity contribution in [3.05, 3.63) is 12.2 Å². The van der Waals surface area contributed by atoms with E-state index in [0.29, 0.717) is 19.6 Å². The minimum atomic E-state index is -0.159. The Labute approximate surface area is 119 Å².